The predicted octanol–water partition coefficient (Wildman–Crippen LogP) is 5.21. The van der Waals surface area contributed by atoms with E-state index in [4.69, 9.17) is 14.8 Å². The molecule has 0 saturated heterocycles. The maximum Gasteiger partial charge on any atom is 0.224 e. The number of methoxy groups -OCH3 is 1. The molecule has 2 aromatic carbocycles. The zero-order valence-corrected chi connectivity index (χ0v) is 19.2. The summed E-state index contributed by atoms with van der Waals surface area (Å²) in [5.41, 5.74) is 8.59. The summed E-state index contributed by atoms with van der Waals surface area (Å²) in [4.78, 5) is 17.4. The van der Waals surface area contributed by atoms with E-state index in [0.29, 0.717) is 12.8 Å². The number of carbonyl (C=O) groups is 1. The van der Waals surface area contributed by atoms with Gasteiger partial charge < -0.3 is 10.1 Å². The molecular formula is C26H28N4O2. The summed E-state index contributed by atoms with van der Waals surface area (Å²) in [6, 6.07) is 15.7. The van der Waals surface area contributed by atoms with E-state index in [-0.39, 0.29) is 5.91 Å². The first-order valence-electron chi connectivity index (χ1n) is 10.7. The topological polar surface area (TPSA) is 68.5 Å². The van der Waals surface area contributed by atoms with E-state index < -0.39 is 0 Å². The van der Waals surface area contributed by atoms with Crippen LogP contribution in [0.2, 0.25) is 0 Å². The second kappa shape index (κ2) is 8.83. The lowest BCUT2D eigenvalue weighted by Crippen LogP contribution is -2.15. The molecule has 164 valence electrons. The number of para-hydroxylation sites is 1. The van der Waals surface area contributed by atoms with E-state index in [9.17, 15) is 4.79 Å². The van der Waals surface area contributed by atoms with E-state index >= 15 is 0 Å². The molecule has 0 aliphatic rings. The summed E-state index contributed by atoms with van der Waals surface area (Å²) in [6.07, 6.45) is 0.976. The molecule has 6 nitrogen and oxygen atoms in total. The van der Waals surface area contributed by atoms with E-state index in [1.807, 2.05) is 80.7 Å². The number of anilines is 1. The van der Waals surface area contributed by atoms with Gasteiger partial charge in [-0.15, -0.1) is 0 Å². The minimum Gasteiger partial charge on any atom is -0.496 e. The fourth-order valence-electron chi connectivity index (χ4n) is 4.01. The molecule has 32 heavy (non-hydrogen) atoms. The monoisotopic (exact) mass is 428 g/mol. The van der Waals surface area contributed by atoms with Crippen molar-refractivity contribution in [1.29, 1.82) is 0 Å². The molecule has 1 N–H and O–H groups in total. The SMILES string of the molecule is COc1ccccc1-c1cc2nc(C)c(CCC(=O)Nc3cccc(C)c3C)c(C)n2n1. The van der Waals surface area contributed by atoms with Gasteiger partial charge in [0.25, 0.3) is 0 Å². The fraction of sp³-hybridized carbons (Fsp3) is 0.269. The van der Waals surface area contributed by atoms with Gasteiger partial charge in [0.15, 0.2) is 5.65 Å². The van der Waals surface area contributed by atoms with Crippen molar-refractivity contribution in [2.24, 2.45) is 0 Å². The number of fused-ring (bicyclic) bond motifs is 1. The van der Waals surface area contributed by atoms with Crippen LogP contribution in [0, 0.1) is 27.7 Å². The Labute approximate surface area is 188 Å². The standard InChI is InChI=1S/C26H28N4O2/c1-16-9-8-11-22(17(16)2)28-26(31)14-13-20-18(3)27-25-15-23(29-30(25)19(20)4)21-10-6-7-12-24(21)32-5/h6-12,15H,13-14H2,1-5H3,(H,28,31). The van der Waals surface area contributed by atoms with Crippen LogP contribution in [-0.4, -0.2) is 27.6 Å². The number of benzene rings is 2. The van der Waals surface area contributed by atoms with Gasteiger partial charge in [-0.05, 0) is 69.0 Å². The molecule has 4 aromatic rings. The Bertz CT molecular complexity index is 1310. The van der Waals surface area contributed by atoms with Gasteiger partial charge in [-0.25, -0.2) is 9.50 Å². The quantitative estimate of drug-likeness (QED) is 0.458. The summed E-state index contributed by atoms with van der Waals surface area (Å²) in [6.45, 7) is 8.08. The Hall–Kier alpha value is -3.67. The molecule has 1 amide bonds. The van der Waals surface area contributed by atoms with Crippen LogP contribution in [0.5, 0.6) is 5.75 Å². The van der Waals surface area contributed by atoms with Gasteiger partial charge >= 0.3 is 0 Å². The molecule has 0 spiro atoms. The lowest BCUT2D eigenvalue weighted by Gasteiger charge is -2.12. The van der Waals surface area contributed by atoms with E-state index in [2.05, 4.69) is 5.32 Å². The number of hydrogen-bond acceptors (Lipinski definition) is 4. The first-order valence-corrected chi connectivity index (χ1v) is 10.7. The van der Waals surface area contributed by atoms with Crippen molar-refractivity contribution in [3.8, 4) is 17.0 Å². The Morgan fingerprint density at radius 1 is 1.06 bits per heavy atom. The van der Waals surface area contributed by atoms with Crippen molar-refractivity contribution in [1.82, 2.24) is 14.6 Å². The highest BCUT2D eigenvalue weighted by atomic mass is 16.5. The Kier molecular flexibility index (Phi) is 5.95. The van der Waals surface area contributed by atoms with Crippen molar-refractivity contribution in [2.45, 2.75) is 40.5 Å². The van der Waals surface area contributed by atoms with Crippen LogP contribution < -0.4 is 10.1 Å². The third-order valence-electron chi connectivity index (χ3n) is 6.03. The van der Waals surface area contributed by atoms with Gasteiger partial charge in [0, 0.05) is 35.1 Å². The maximum absolute atomic E-state index is 12.6. The molecule has 2 aromatic heterocycles. The van der Waals surface area contributed by atoms with Gasteiger partial charge in [0.2, 0.25) is 5.91 Å². The van der Waals surface area contributed by atoms with Gasteiger partial charge in [0.05, 0.1) is 12.8 Å². The van der Waals surface area contributed by atoms with Crippen molar-refractivity contribution in [3.63, 3.8) is 0 Å². The molecule has 0 unspecified atom stereocenters. The Morgan fingerprint density at radius 2 is 1.84 bits per heavy atom. The molecule has 0 saturated carbocycles. The van der Waals surface area contributed by atoms with Gasteiger partial charge in [-0.1, -0.05) is 24.3 Å². The number of ether oxygens (including phenoxy) is 1. The normalized spacial score (nSPS) is 11.0. The molecule has 4 rings (SSSR count). The number of hydrogen-bond donors (Lipinski definition) is 1. The van der Waals surface area contributed by atoms with E-state index in [0.717, 1.165) is 56.4 Å². The summed E-state index contributed by atoms with van der Waals surface area (Å²) < 4.78 is 7.34. The second-order valence-corrected chi connectivity index (χ2v) is 8.06. The molecule has 0 radical (unpaired) electrons. The second-order valence-electron chi connectivity index (χ2n) is 8.06. The van der Waals surface area contributed by atoms with Crippen molar-refractivity contribution in [3.05, 3.63) is 76.6 Å². The zero-order chi connectivity index (χ0) is 22.8. The highest BCUT2D eigenvalue weighted by Gasteiger charge is 2.16. The van der Waals surface area contributed by atoms with Crippen LogP contribution in [0.25, 0.3) is 16.9 Å². The summed E-state index contributed by atoms with van der Waals surface area (Å²) in [5, 5.41) is 7.82. The molecule has 0 aliphatic heterocycles. The highest BCUT2D eigenvalue weighted by Crippen LogP contribution is 2.30. The van der Waals surface area contributed by atoms with Crippen LogP contribution >= 0.6 is 0 Å². The Morgan fingerprint density at radius 3 is 2.62 bits per heavy atom. The average Bonchev–Trinajstić information content (AvgIpc) is 3.20. The lowest BCUT2D eigenvalue weighted by molar-refractivity contribution is -0.116. The lowest BCUT2D eigenvalue weighted by atomic mass is 10.1. The minimum atomic E-state index is -0.00669. The molecule has 6 heteroatoms. The maximum atomic E-state index is 12.6. The van der Waals surface area contributed by atoms with Crippen LogP contribution in [0.1, 0.15) is 34.5 Å². The third-order valence-corrected chi connectivity index (χ3v) is 6.03. The molecule has 0 bridgehead atoms. The predicted molar refractivity (Wildman–Crippen MR) is 127 cm³/mol. The third kappa shape index (κ3) is 4.08. The van der Waals surface area contributed by atoms with Gasteiger partial charge in [-0.2, -0.15) is 5.10 Å². The van der Waals surface area contributed by atoms with Gasteiger partial charge in [0.1, 0.15) is 5.75 Å². The average molecular weight is 429 g/mol. The summed E-state index contributed by atoms with van der Waals surface area (Å²) in [5.74, 6) is 0.765. The van der Waals surface area contributed by atoms with Crippen LogP contribution in [-0.2, 0) is 11.2 Å². The number of nitrogens with one attached hydrogen (secondary N) is 1. The van der Waals surface area contributed by atoms with Gasteiger partial charge in [-0.3, -0.25) is 4.79 Å². The first kappa shape index (κ1) is 21.6. The zero-order valence-electron chi connectivity index (χ0n) is 19.2. The number of rotatable bonds is 6. The minimum absolute atomic E-state index is 0.00669. The number of aryl methyl sites for hydroxylation is 3. The van der Waals surface area contributed by atoms with E-state index in [1.54, 1.807) is 7.11 Å². The number of amides is 1. The highest BCUT2D eigenvalue weighted by molar-refractivity contribution is 5.91. The molecular weight excluding hydrogens is 400 g/mol. The molecule has 0 fully saturated rings. The number of carbonyl (C=O) groups excluding carboxylic acids is 1. The van der Waals surface area contributed by atoms with Crippen molar-refractivity contribution < 1.29 is 9.53 Å². The first-order chi connectivity index (χ1) is 15.4. The molecule has 2 heterocycles. The summed E-state index contributed by atoms with van der Waals surface area (Å²) in [7, 11) is 1.66. The van der Waals surface area contributed by atoms with Crippen LogP contribution in [0.3, 0.4) is 0 Å². The van der Waals surface area contributed by atoms with Crippen molar-refractivity contribution >= 4 is 17.2 Å². The van der Waals surface area contributed by atoms with Crippen molar-refractivity contribution in [2.75, 3.05) is 12.4 Å². The fourth-order valence-corrected chi connectivity index (χ4v) is 4.01. The van der Waals surface area contributed by atoms with Crippen LogP contribution in [0.4, 0.5) is 5.69 Å². The van der Waals surface area contributed by atoms with E-state index in [1.165, 1.54) is 0 Å². The molecule has 0 atom stereocenters. The Balaban J connectivity index is 1.58. The number of aromatic nitrogens is 3. The largest absolute Gasteiger partial charge is 0.496 e. The number of nitrogens with zero attached hydrogens (tertiary/aromatic N) is 3. The van der Waals surface area contributed by atoms with Crippen LogP contribution in [0.15, 0.2) is 48.5 Å². The summed E-state index contributed by atoms with van der Waals surface area (Å²) >= 11 is 0. The smallest absolute Gasteiger partial charge is 0.224 e. The molecule has 0 aliphatic carbocycles.